The molecule has 0 aromatic heterocycles. The summed E-state index contributed by atoms with van der Waals surface area (Å²) in [6.45, 7) is 1.17. The first-order valence-corrected chi connectivity index (χ1v) is 7.34. The molecular formula is C18H13ClF2O3. The highest BCUT2D eigenvalue weighted by molar-refractivity contribution is 6.31. The van der Waals surface area contributed by atoms with Gasteiger partial charge in [0.25, 0.3) is 0 Å². The van der Waals surface area contributed by atoms with E-state index in [2.05, 4.69) is 0 Å². The van der Waals surface area contributed by atoms with E-state index in [-0.39, 0.29) is 0 Å². The minimum atomic E-state index is -0.873. The first-order valence-electron chi connectivity index (χ1n) is 6.96. The summed E-state index contributed by atoms with van der Waals surface area (Å²) in [4.78, 5) is 23.3. The smallest absolute Gasteiger partial charge is 0.331 e. The Balaban J connectivity index is 1.95. The van der Waals surface area contributed by atoms with Gasteiger partial charge >= 0.3 is 5.97 Å². The van der Waals surface area contributed by atoms with Crippen LogP contribution in [0.15, 0.2) is 42.5 Å². The van der Waals surface area contributed by atoms with Crippen LogP contribution >= 0.6 is 11.6 Å². The van der Waals surface area contributed by atoms with Gasteiger partial charge in [0.1, 0.15) is 11.6 Å². The molecule has 0 saturated carbocycles. The van der Waals surface area contributed by atoms with Crippen LogP contribution in [-0.4, -0.2) is 18.4 Å². The Hall–Kier alpha value is -2.53. The monoisotopic (exact) mass is 350 g/mol. The van der Waals surface area contributed by atoms with Crippen LogP contribution in [0.4, 0.5) is 8.78 Å². The summed E-state index contributed by atoms with van der Waals surface area (Å²) in [5.74, 6) is -3.23. The van der Waals surface area contributed by atoms with E-state index in [1.807, 2.05) is 6.92 Å². The van der Waals surface area contributed by atoms with E-state index in [1.165, 1.54) is 6.08 Å². The van der Waals surface area contributed by atoms with Gasteiger partial charge < -0.3 is 4.74 Å². The van der Waals surface area contributed by atoms with Gasteiger partial charge in [0.05, 0.1) is 5.56 Å². The van der Waals surface area contributed by atoms with Crippen molar-refractivity contribution >= 4 is 29.4 Å². The van der Waals surface area contributed by atoms with Crippen LogP contribution in [0.2, 0.25) is 5.02 Å². The average Bonchev–Trinajstić information content (AvgIpc) is 2.56. The summed E-state index contributed by atoms with van der Waals surface area (Å²) in [6, 6.07) is 7.73. The molecule has 0 N–H and O–H groups in total. The Morgan fingerprint density at radius 1 is 1.17 bits per heavy atom. The number of benzene rings is 2. The van der Waals surface area contributed by atoms with Gasteiger partial charge in [-0.05, 0) is 48.4 Å². The van der Waals surface area contributed by atoms with Crippen LogP contribution in [0.3, 0.4) is 0 Å². The molecule has 2 aromatic rings. The Bertz CT molecular complexity index is 816. The molecule has 3 nitrogen and oxygen atoms in total. The molecule has 0 bridgehead atoms. The second-order valence-corrected chi connectivity index (χ2v) is 5.40. The number of hydrogen-bond donors (Lipinski definition) is 0. The maximum Gasteiger partial charge on any atom is 0.331 e. The fourth-order valence-corrected chi connectivity index (χ4v) is 2.04. The van der Waals surface area contributed by atoms with E-state index in [4.69, 9.17) is 16.3 Å². The van der Waals surface area contributed by atoms with Crippen LogP contribution in [0.5, 0.6) is 0 Å². The summed E-state index contributed by atoms with van der Waals surface area (Å²) in [5.41, 5.74) is 1.13. The molecule has 0 aliphatic rings. The maximum absolute atomic E-state index is 13.4. The largest absolute Gasteiger partial charge is 0.454 e. The lowest BCUT2D eigenvalue weighted by atomic mass is 10.1. The molecule has 0 aliphatic heterocycles. The molecule has 0 spiro atoms. The van der Waals surface area contributed by atoms with Crippen molar-refractivity contribution in [1.29, 1.82) is 0 Å². The summed E-state index contributed by atoms with van der Waals surface area (Å²) < 4.78 is 31.2. The first kappa shape index (κ1) is 17.8. The number of esters is 1. The van der Waals surface area contributed by atoms with E-state index < -0.39 is 35.6 Å². The Labute approximate surface area is 142 Å². The number of ether oxygens (including phenoxy) is 1. The summed E-state index contributed by atoms with van der Waals surface area (Å²) >= 11 is 5.97. The highest BCUT2D eigenvalue weighted by atomic mass is 35.5. The number of halogens is 3. The third-order valence-corrected chi connectivity index (χ3v) is 3.59. The van der Waals surface area contributed by atoms with Gasteiger partial charge in [0, 0.05) is 11.1 Å². The summed E-state index contributed by atoms with van der Waals surface area (Å²) in [6.07, 6.45) is 2.59. The molecule has 6 heteroatoms. The first-order chi connectivity index (χ1) is 11.4. The molecule has 0 atom stereocenters. The van der Waals surface area contributed by atoms with Gasteiger partial charge in [0.2, 0.25) is 5.78 Å². The van der Waals surface area contributed by atoms with Crippen molar-refractivity contribution in [3.63, 3.8) is 0 Å². The number of carbonyl (C=O) groups is 2. The summed E-state index contributed by atoms with van der Waals surface area (Å²) in [7, 11) is 0. The highest BCUT2D eigenvalue weighted by Crippen LogP contribution is 2.17. The number of hydrogen-bond acceptors (Lipinski definition) is 3. The van der Waals surface area contributed by atoms with Gasteiger partial charge in [-0.15, -0.1) is 0 Å². The van der Waals surface area contributed by atoms with Crippen molar-refractivity contribution in [2.24, 2.45) is 0 Å². The predicted octanol–water partition coefficient (Wildman–Crippen LogP) is 4.37. The Morgan fingerprint density at radius 3 is 2.62 bits per heavy atom. The highest BCUT2D eigenvalue weighted by Gasteiger charge is 2.14. The zero-order valence-corrected chi connectivity index (χ0v) is 13.4. The van der Waals surface area contributed by atoms with Gasteiger partial charge in [-0.3, -0.25) is 4.79 Å². The van der Waals surface area contributed by atoms with Crippen molar-refractivity contribution in [1.82, 2.24) is 0 Å². The van der Waals surface area contributed by atoms with Crippen molar-refractivity contribution in [2.75, 3.05) is 6.61 Å². The van der Waals surface area contributed by atoms with E-state index in [0.717, 1.165) is 29.8 Å². The third kappa shape index (κ3) is 4.73. The van der Waals surface area contributed by atoms with E-state index in [9.17, 15) is 18.4 Å². The predicted molar refractivity (Wildman–Crippen MR) is 86.9 cm³/mol. The summed E-state index contributed by atoms with van der Waals surface area (Å²) in [5, 5.41) is 0.558. The van der Waals surface area contributed by atoms with Gasteiger partial charge in [-0.1, -0.05) is 23.7 Å². The lowest BCUT2D eigenvalue weighted by Gasteiger charge is -2.03. The molecule has 0 saturated heterocycles. The molecule has 0 unspecified atom stereocenters. The molecule has 0 amide bonds. The lowest BCUT2D eigenvalue weighted by Crippen LogP contribution is -2.14. The lowest BCUT2D eigenvalue weighted by molar-refractivity contribution is -0.136. The second kappa shape index (κ2) is 7.84. The number of carbonyl (C=O) groups excluding carboxylic acids is 2. The molecule has 2 rings (SSSR count). The molecule has 24 heavy (non-hydrogen) atoms. The minimum Gasteiger partial charge on any atom is -0.454 e. The van der Waals surface area contributed by atoms with E-state index in [1.54, 1.807) is 18.2 Å². The quantitative estimate of drug-likeness (QED) is 0.457. The molecule has 124 valence electrons. The molecule has 0 heterocycles. The van der Waals surface area contributed by atoms with Crippen LogP contribution in [0.1, 0.15) is 21.5 Å². The molecule has 0 fully saturated rings. The van der Waals surface area contributed by atoms with Gasteiger partial charge in [-0.2, -0.15) is 0 Å². The number of Topliss-reactive ketones (excluding diaryl/α,β-unsaturated/α-hetero) is 1. The topological polar surface area (TPSA) is 43.4 Å². The zero-order chi connectivity index (χ0) is 17.7. The van der Waals surface area contributed by atoms with Crippen molar-refractivity contribution in [3.8, 4) is 0 Å². The van der Waals surface area contributed by atoms with Crippen LogP contribution in [0, 0.1) is 18.6 Å². The van der Waals surface area contributed by atoms with Crippen LogP contribution in [0.25, 0.3) is 6.08 Å². The van der Waals surface area contributed by atoms with Crippen molar-refractivity contribution in [3.05, 3.63) is 75.8 Å². The second-order valence-electron chi connectivity index (χ2n) is 5.00. The van der Waals surface area contributed by atoms with Crippen LogP contribution < -0.4 is 0 Å². The SMILES string of the molecule is Cc1ccc(/C=C/C(=O)OCC(=O)c2cc(F)ccc2F)cc1Cl. The van der Waals surface area contributed by atoms with E-state index in [0.29, 0.717) is 10.6 Å². The molecule has 0 radical (unpaired) electrons. The minimum absolute atomic E-state index is 0.461. The third-order valence-electron chi connectivity index (χ3n) is 3.18. The molecular weight excluding hydrogens is 338 g/mol. The normalized spacial score (nSPS) is 10.8. The van der Waals surface area contributed by atoms with E-state index >= 15 is 0 Å². The zero-order valence-electron chi connectivity index (χ0n) is 12.7. The fraction of sp³-hybridized carbons (Fsp3) is 0.111. The van der Waals surface area contributed by atoms with Gasteiger partial charge in [-0.25, -0.2) is 13.6 Å². The Kier molecular flexibility index (Phi) is 5.82. The Morgan fingerprint density at radius 2 is 1.92 bits per heavy atom. The maximum atomic E-state index is 13.4. The van der Waals surface area contributed by atoms with Crippen molar-refractivity contribution < 1.29 is 23.1 Å². The van der Waals surface area contributed by atoms with Crippen LogP contribution in [-0.2, 0) is 9.53 Å². The van der Waals surface area contributed by atoms with Crippen molar-refractivity contribution in [2.45, 2.75) is 6.92 Å². The average molecular weight is 351 g/mol. The number of ketones is 1. The molecule has 0 aliphatic carbocycles. The molecule has 2 aromatic carbocycles. The fourth-order valence-electron chi connectivity index (χ4n) is 1.85. The standard InChI is InChI=1S/C18H13ClF2O3/c1-11-2-3-12(8-15(11)19)4-7-18(23)24-10-17(22)14-9-13(20)5-6-16(14)21/h2-9H,10H2,1H3/b7-4+. The number of rotatable bonds is 5. The number of aryl methyl sites for hydroxylation is 1. The van der Waals surface area contributed by atoms with Gasteiger partial charge in [0.15, 0.2) is 6.61 Å².